The van der Waals surface area contributed by atoms with Crippen LogP contribution in [0.2, 0.25) is 0 Å². The van der Waals surface area contributed by atoms with Crippen molar-refractivity contribution >= 4 is 17.3 Å². The molecule has 2 aromatic rings. The minimum Gasteiger partial charge on any atom is -0.356 e. The van der Waals surface area contributed by atoms with Crippen LogP contribution in [0.1, 0.15) is 28.9 Å². The van der Waals surface area contributed by atoms with Gasteiger partial charge in [0, 0.05) is 50.4 Å². The van der Waals surface area contributed by atoms with E-state index in [1.807, 2.05) is 16.9 Å². The van der Waals surface area contributed by atoms with Crippen molar-refractivity contribution in [1.82, 2.24) is 25.4 Å². The van der Waals surface area contributed by atoms with Gasteiger partial charge in [-0.15, -0.1) is 11.3 Å². The van der Waals surface area contributed by atoms with E-state index in [1.165, 1.54) is 15.6 Å². The van der Waals surface area contributed by atoms with Gasteiger partial charge in [0.2, 0.25) is 0 Å². The molecule has 0 saturated carbocycles. The molecule has 2 aromatic heterocycles. The zero-order chi connectivity index (χ0) is 16.5. The number of rotatable bonds is 8. The van der Waals surface area contributed by atoms with Crippen LogP contribution in [0.4, 0.5) is 0 Å². The summed E-state index contributed by atoms with van der Waals surface area (Å²) in [6.45, 7) is 6.92. The van der Waals surface area contributed by atoms with E-state index in [0.29, 0.717) is 0 Å². The number of aryl methyl sites for hydroxylation is 3. The monoisotopic (exact) mass is 334 g/mol. The summed E-state index contributed by atoms with van der Waals surface area (Å²) in [5.74, 6) is 0.842. The number of aromatic nitrogens is 3. The second-order valence-electron chi connectivity index (χ2n) is 5.26. The smallest absolute Gasteiger partial charge is 0.190 e. The Morgan fingerprint density at radius 1 is 1.35 bits per heavy atom. The van der Waals surface area contributed by atoms with Gasteiger partial charge in [-0.25, -0.2) is 4.98 Å². The molecule has 0 bridgehead atoms. The van der Waals surface area contributed by atoms with Gasteiger partial charge in [0.05, 0.1) is 10.7 Å². The number of aliphatic imine (C=N–C) groups is 1. The molecule has 0 aliphatic heterocycles. The van der Waals surface area contributed by atoms with Crippen molar-refractivity contribution in [3.8, 4) is 0 Å². The Morgan fingerprint density at radius 3 is 2.83 bits per heavy atom. The van der Waals surface area contributed by atoms with Crippen molar-refractivity contribution in [2.75, 3.05) is 20.1 Å². The van der Waals surface area contributed by atoms with Crippen LogP contribution in [-0.2, 0) is 19.4 Å². The zero-order valence-electron chi connectivity index (χ0n) is 14.2. The van der Waals surface area contributed by atoms with E-state index >= 15 is 0 Å². The molecule has 0 aromatic carbocycles. The highest BCUT2D eigenvalue weighted by molar-refractivity contribution is 7.11. The predicted octanol–water partition coefficient (Wildman–Crippen LogP) is 2.01. The maximum absolute atomic E-state index is 4.66. The standard InChI is InChI=1S/C16H26N6S/c1-4-14-13(2)23-15(21-14)7-10-19-16(17-3)18-8-5-11-22-12-6-9-20-22/h6,9,12H,4-5,7-8,10-11H2,1-3H3,(H2,17,18,19). The van der Waals surface area contributed by atoms with Gasteiger partial charge in [-0.3, -0.25) is 9.67 Å². The summed E-state index contributed by atoms with van der Waals surface area (Å²) < 4.78 is 1.94. The number of thiazole rings is 1. The first-order valence-electron chi connectivity index (χ1n) is 8.10. The van der Waals surface area contributed by atoms with Crippen molar-refractivity contribution in [1.29, 1.82) is 0 Å². The average Bonchev–Trinajstić information content (AvgIpc) is 3.19. The number of guanidine groups is 1. The molecule has 2 heterocycles. The van der Waals surface area contributed by atoms with E-state index in [1.54, 1.807) is 24.6 Å². The SMILES string of the molecule is CCc1nc(CCNC(=NC)NCCCn2cccn2)sc1C. The van der Waals surface area contributed by atoms with Crippen molar-refractivity contribution in [2.45, 2.75) is 39.7 Å². The molecule has 126 valence electrons. The molecule has 2 rings (SSSR count). The van der Waals surface area contributed by atoms with Gasteiger partial charge in [0.25, 0.3) is 0 Å². The van der Waals surface area contributed by atoms with E-state index in [9.17, 15) is 0 Å². The molecular weight excluding hydrogens is 308 g/mol. The molecule has 0 radical (unpaired) electrons. The van der Waals surface area contributed by atoms with Crippen LogP contribution in [0.15, 0.2) is 23.5 Å². The average molecular weight is 334 g/mol. The van der Waals surface area contributed by atoms with E-state index in [4.69, 9.17) is 0 Å². The largest absolute Gasteiger partial charge is 0.356 e. The predicted molar refractivity (Wildman–Crippen MR) is 96.1 cm³/mol. The van der Waals surface area contributed by atoms with Crippen LogP contribution >= 0.6 is 11.3 Å². The lowest BCUT2D eigenvalue weighted by Gasteiger charge is -2.11. The van der Waals surface area contributed by atoms with E-state index < -0.39 is 0 Å². The fourth-order valence-corrected chi connectivity index (χ4v) is 3.33. The molecule has 0 atom stereocenters. The third kappa shape index (κ3) is 5.67. The first-order chi connectivity index (χ1) is 11.2. The minimum atomic E-state index is 0.842. The van der Waals surface area contributed by atoms with E-state index in [-0.39, 0.29) is 0 Å². The molecule has 2 N–H and O–H groups in total. The number of hydrogen-bond donors (Lipinski definition) is 2. The lowest BCUT2D eigenvalue weighted by molar-refractivity contribution is 0.570. The van der Waals surface area contributed by atoms with Crippen molar-refractivity contribution in [3.63, 3.8) is 0 Å². The summed E-state index contributed by atoms with van der Waals surface area (Å²) >= 11 is 1.80. The molecule has 0 aliphatic carbocycles. The lowest BCUT2D eigenvalue weighted by Crippen LogP contribution is -2.39. The molecule has 23 heavy (non-hydrogen) atoms. The first kappa shape index (κ1) is 17.5. The van der Waals surface area contributed by atoms with Crippen LogP contribution in [0.3, 0.4) is 0 Å². The van der Waals surface area contributed by atoms with E-state index in [2.05, 4.69) is 39.6 Å². The first-order valence-corrected chi connectivity index (χ1v) is 8.91. The number of nitrogens with one attached hydrogen (secondary N) is 2. The van der Waals surface area contributed by atoms with Gasteiger partial charge >= 0.3 is 0 Å². The summed E-state index contributed by atoms with van der Waals surface area (Å²) in [6, 6.07) is 1.94. The normalized spacial score (nSPS) is 11.7. The molecule has 0 unspecified atom stereocenters. The van der Waals surface area contributed by atoms with Crippen molar-refractivity contribution < 1.29 is 0 Å². The Hall–Kier alpha value is -1.89. The quantitative estimate of drug-likeness (QED) is 0.440. The second kappa shape index (κ2) is 9.29. The van der Waals surface area contributed by atoms with Crippen molar-refractivity contribution in [3.05, 3.63) is 34.0 Å². The maximum Gasteiger partial charge on any atom is 0.190 e. The Bertz CT molecular complexity index is 602. The number of nitrogens with zero attached hydrogens (tertiary/aromatic N) is 4. The minimum absolute atomic E-state index is 0.842. The highest BCUT2D eigenvalue weighted by Crippen LogP contribution is 2.17. The molecule has 0 aliphatic rings. The lowest BCUT2D eigenvalue weighted by atomic mass is 10.3. The van der Waals surface area contributed by atoms with Gasteiger partial charge in [0.15, 0.2) is 5.96 Å². The van der Waals surface area contributed by atoms with Gasteiger partial charge in [-0.1, -0.05) is 6.92 Å². The zero-order valence-corrected chi connectivity index (χ0v) is 15.0. The Balaban J connectivity index is 1.64. The third-order valence-corrected chi connectivity index (χ3v) is 4.62. The highest BCUT2D eigenvalue weighted by Gasteiger charge is 2.06. The van der Waals surface area contributed by atoms with Gasteiger partial charge < -0.3 is 10.6 Å². The third-order valence-electron chi connectivity index (χ3n) is 3.54. The summed E-state index contributed by atoms with van der Waals surface area (Å²) in [6.07, 6.45) is 6.73. The van der Waals surface area contributed by atoms with Crippen LogP contribution in [0.25, 0.3) is 0 Å². The molecule has 6 nitrogen and oxygen atoms in total. The van der Waals surface area contributed by atoms with Gasteiger partial charge in [-0.05, 0) is 25.8 Å². The summed E-state index contributed by atoms with van der Waals surface area (Å²) in [7, 11) is 1.80. The highest BCUT2D eigenvalue weighted by atomic mass is 32.1. The van der Waals surface area contributed by atoms with Crippen molar-refractivity contribution in [2.24, 2.45) is 4.99 Å². The Labute approximate surface area is 142 Å². The molecular formula is C16H26N6S. The fraction of sp³-hybridized carbons (Fsp3) is 0.562. The molecule has 0 amide bonds. The molecule has 0 saturated heterocycles. The van der Waals surface area contributed by atoms with Gasteiger partial charge in [-0.2, -0.15) is 5.10 Å². The molecule has 7 heteroatoms. The Morgan fingerprint density at radius 2 is 2.17 bits per heavy atom. The number of hydrogen-bond acceptors (Lipinski definition) is 4. The Kier molecular flexibility index (Phi) is 7.06. The van der Waals surface area contributed by atoms with Crippen LogP contribution in [0.5, 0.6) is 0 Å². The topological polar surface area (TPSA) is 67.1 Å². The fourth-order valence-electron chi connectivity index (χ4n) is 2.31. The summed E-state index contributed by atoms with van der Waals surface area (Å²) in [4.78, 5) is 10.2. The summed E-state index contributed by atoms with van der Waals surface area (Å²) in [5, 5.41) is 12.1. The van der Waals surface area contributed by atoms with Crippen LogP contribution in [-0.4, -0.2) is 40.9 Å². The molecule has 0 spiro atoms. The van der Waals surface area contributed by atoms with E-state index in [0.717, 1.165) is 44.9 Å². The maximum atomic E-state index is 4.66. The van der Waals surface area contributed by atoms with Gasteiger partial charge in [0.1, 0.15) is 0 Å². The van der Waals surface area contributed by atoms with Crippen LogP contribution < -0.4 is 10.6 Å². The summed E-state index contributed by atoms with van der Waals surface area (Å²) in [5.41, 5.74) is 1.23. The molecule has 0 fully saturated rings. The van der Waals surface area contributed by atoms with Crippen LogP contribution in [0, 0.1) is 6.92 Å². The second-order valence-corrected chi connectivity index (χ2v) is 6.55.